The van der Waals surface area contributed by atoms with Gasteiger partial charge in [-0.1, -0.05) is 48.2 Å². The smallest absolute Gasteiger partial charge is 0.234 e. The molecule has 30 heavy (non-hydrogen) atoms. The van der Waals surface area contributed by atoms with Gasteiger partial charge in [-0.2, -0.15) is 0 Å². The number of amides is 2. The summed E-state index contributed by atoms with van der Waals surface area (Å²) in [6.45, 7) is 1.85. The number of anilines is 1. The Morgan fingerprint density at radius 3 is 2.60 bits per heavy atom. The first kappa shape index (κ1) is 21.5. The lowest BCUT2D eigenvalue weighted by atomic mass is 10.1. The molecule has 2 amide bonds. The SMILES string of the molecule is Cc1c(F)cccc1NC(=O)CSc1nnc(CNC(=O)Cc2ccccc2)n1C. The Kier molecular flexibility index (Phi) is 7.18. The summed E-state index contributed by atoms with van der Waals surface area (Å²) in [5, 5.41) is 14.2. The molecule has 0 aliphatic heterocycles. The number of hydrogen-bond acceptors (Lipinski definition) is 5. The quantitative estimate of drug-likeness (QED) is 0.540. The van der Waals surface area contributed by atoms with Gasteiger partial charge in [0.2, 0.25) is 11.8 Å². The normalized spacial score (nSPS) is 10.6. The minimum absolute atomic E-state index is 0.0995. The first-order chi connectivity index (χ1) is 14.4. The van der Waals surface area contributed by atoms with E-state index in [4.69, 9.17) is 0 Å². The Bertz CT molecular complexity index is 1040. The van der Waals surface area contributed by atoms with E-state index in [1.807, 2.05) is 30.3 Å². The van der Waals surface area contributed by atoms with Crippen LogP contribution in [0.15, 0.2) is 53.7 Å². The van der Waals surface area contributed by atoms with E-state index in [1.54, 1.807) is 30.7 Å². The molecule has 0 radical (unpaired) electrons. The number of hydrogen-bond donors (Lipinski definition) is 2. The van der Waals surface area contributed by atoms with Gasteiger partial charge in [0.15, 0.2) is 11.0 Å². The summed E-state index contributed by atoms with van der Waals surface area (Å²) in [4.78, 5) is 24.3. The van der Waals surface area contributed by atoms with Crippen LogP contribution in [0.25, 0.3) is 0 Å². The first-order valence-corrected chi connectivity index (χ1v) is 10.3. The van der Waals surface area contributed by atoms with Gasteiger partial charge in [0.05, 0.1) is 18.7 Å². The van der Waals surface area contributed by atoms with Crippen LogP contribution in [0.3, 0.4) is 0 Å². The van der Waals surface area contributed by atoms with E-state index in [0.717, 1.165) is 5.56 Å². The molecule has 0 saturated carbocycles. The zero-order valence-corrected chi connectivity index (χ0v) is 17.5. The molecule has 2 N–H and O–H groups in total. The van der Waals surface area contributed by atoms with Crippen molar-refractivity contribution in [3.63, 3.8) is 0 Å². The zero-order chi connectivity index (χ0) is 21.5. The van der Waals surface area contributed by atoms with E-state index in [-0.39, 0.29) is 29.9 Å². The molecule has 0 saturated heterocycles. The van der Waals surface area contributed by atoms with Crippen LogP contribution in [-0.2, 0) is 29.6 Å². The van der Waals surface area contributed by atoms with Gasteiger partial charge in [-0.25, -0.2) is 4.39 Å². The lowest BCUT2D eigenvalue weighted by Crippen LogP contribution is -2.26. The van der Waals surface area contributed by atoms with Crippen molar-refractivity contribution in [2.45, 2.75) is 25.0 Å². The molecular formula is C21H22FN5O2S. The van der Waals surface area contributed by atoms with Crippen LogP contribution in [0.5, 0.6) is 0 Å². The van der Waals surface area contributed by atoms with Crippen molar-refractivity contribution >= 4 is 29.3 Å². The van der Waals surface area contributed by atoms with Crippen molar-refractivity contribution in [2.24, 2.45) is 7.05 Å². The third-order valence-corrected chi connectivity index (χ3v) is 5.47. The molecule has 0 bridgehead atoms. The van der Waals surface area contributed by atoms with Gasteiger partial charge in [-0.15, -0.1) is 10.2 Å². The molecule has 9 heteroatoms. The molecule has 0 aliphatic carbocycles. The molecule has 1 aromatic heterocycles. The number of rotatable bonds is 8. The van der Waals surface area contributed by atoms with Gasteiger partial charge >= 0.3 is 0 Å². The van der Waals surface area contributed by atoms with Gasteiger partial charge in [-0.3, -0.25) is 9.59 Å². The number of carbonyl (C=O) groups excluding carboxylic acids is 2. The van der Waals surface area contributed by atoms with E-state index in [2.05, 4.69) is 20.8 Å². The Labute approximate surface area is 178 Å². The van der Waals surface area contributed by atoms with Crippen molar-refractivity contribution in [1.29, 1.82) is 0 Å². The molecule has 0 spiro atoms. The summed E-state index contributed by atoms with van der Waals surface area (Å²) in [5.41, 5.74) is 1.77. The van der Waals surface area contributed by atoms with Crippen LogP contribution >= 0.6 is 11.8 Å². The van der Waals surface area contributed by atoms with Crippen LogP contribution in [0.2, 0.25) is 0 Å². The molecular weight excluding hydrogens is 405 g/mol. The van der Waals surface area contributed by atoms with Crippen LogP contribution in [0.1, 0.15) is 17.0 Å². The van der Waals surface area contributed by atoms with Crippen molar-refractivity contribution < 1.29 is 14.0 Å². The van der Waals surface area contributed by atoms with E-state index in [1.165, 1.54) is 17.8 Å². The Hall–Kier alpha value is -3.20. The average molecular weight is 428 g/mol. The summed E-state index contributed by atoms with van der Waals surface area (Å²) in [6.07, 6.45) is 0.292. The highest BCUT2D eigenvalue weighted by atomic mass is 32.2. The number of thioether (sulfide) groups is 1. The summed E-state index contributed by atoms with van der Waals surface area (Å²) < 4.78 is 15.3. The third-order valence-electron chi connectivity index (χ3n) is 4.45. The summed E-state index contributed by atoms with van der Waals surface area (Å²) in [5.74, 6) is -0.0619. The van der Waals surface area contributed by atoms with E-state index in [9.17, 15) is 14.0 Å². The van der Waals surface area contributed by atoms with Crippen molar-refractivity contribution in [2.75, 3.05) is 11.1 Å². The minimum atomic E-state index is -0.368. The maximum absolute atomic E-state index is 13.6. The van der Waals surface area contributed by atoms with Gasteiger partial charge in [0.1, 0.15) is 5.82 Å². The van der Waals surface area contributed by atoms with Gasteiger partial charge in [0.25, 0.3) is 0 Å². The monoisotopic (exact) mass is 427 g/mol. The largest absolute Gasteiger partial charge is 0.349 e. The number of nitrogens with zero attached hydrogens (tertiary/aromatic N) is 3. The maximum atomic E-state index is 13.6. The second kappa shape index (κ2) is 10.0. The molecule has 0 atom stereocenters. The van der Waals surface area contributed by atoms with Crippen molar-refractivity contribution in [3.05, 3.63) is 71.3 Å². The van der Waals surface area contributed by atoms with Gasteiger partial charge in [0, 0.05) is 18.3 Å². The number of carbonyl (C=O) groups is 2. The fourth-order valence-electron chi connectivity index (χ4n) is 2.71. The fourth-order valence-corrected chi connectivity index (χ4v) is 3.44. The Morgan fingerprint density at radius 1 is 1.07 bits per heavy atom. The second-order valence-corrected chi connectivity index (χ2v) is 7.59. The Balaban J connectivity index is 1.49. The van der Waals surface area contributed by atoms with Gasteiger partial charge < -0.3 is 15.2 Å². The molecule has 1 heterocycles. The van der Waals surface area contributed by atoms with Crippen molar-refractivity contribution in [1.82, 2.24) is 20.1 Å². The Morgan fingerprint density at radius 2 is 1.83 bits per heavy atom. The predicted molar refractivity (Wildman–Crippen MR) is 113 cm³/mol. The molecule has 0 fully saturated rings. The van der Waals surface area contributed by atoms with E-state index in [0.29, 0.717) is 28.7 Å². The maximum Gasteiger partial charge on any atom is 0.234 e. The lowest BCUT2D eigenvalue weighted by Gasteiger charge is -2.09. The van der Waals surface area contributed by atoms with Crippen LogP contribution in [0.4, 0.5) is 10.1 Å². The second-order valence-electron chi connectivity index (χ2n) is 6.65. The summed E-state index contributed by atoms with van der Waals surface area (Å²) >= 11 is 1.21. The topological polar surface area (TPSA) is 88.9 Å². The van der Waals surface area contributed by atoms with Crippen LogP contribution in [0, 0.1) is 12.7 Å². The molecule has 3 rings (SSSR count). The summed E-state index contributed by atoms with van der Waals surface area (Å²) in [7, 11) is 1.77. The molecule has 7 nitrogen and oxygen atoms in total. The van der Waals surface area contributed by atoms with Gasteiger partial charge in [-0.05, 0) is 24.6 Å². The third kappa shape index (κ3) is 5.66. The predicted octanol–water partition coefficient (Wildman–Crippen LogP) is 2.85. The highest BCUT2D eigenvalue weighted by Gasteiger charge is 2.13. The summed E-state index contributed by atoms with van der Waals surface area (Å²) in [6, 6.07) is 14.0. The molecule has 2 aromatic carbocycles. The van der Waals surface area contributed by atoms with E-state index >= 15 is 0 Å². The van der Waals surface area contributed by atoms with E-state index < -0.39 is 0 Å². The minimum Gasteiger partial charge on any atom is -0.349 e. The molecule has 0 aliphatic rings. The van der Waals surface area contributed by atoms with Crippen LogP contribution < -0.4 is 10.6 Å². The fraction of sp³-hybridized carbons (Fsp3) is 0.238. The molecule has 3 aromatic rings. The van der Waals surface area contributed by atoms with Crippen molar-refractivity contribution in [3.8, 4) is 0 Å². The standard InChI is InChI=1S/C21H22FN5O2S/c1-14-16(22)9-6-10-17(14)24-20(29)13-30-21-26-25-18(27(21)2)12-23-19(28)11-15-7-4-3-5-8-15/h3-10H,11-13H2,1-2H3,(H,23,28)(H,24,29). The lowest BCUT2D eigenvalue weighted by molar-refractivity contribution is -0.120. The first-order valence-electron chi connectivity index (χ1n) is 9.30. The zero-order valence-electron chi connectivity index (χ0n) is 16.7. The number of nitrogens with one attached hydrogen (secondary N) is 2. The molecule has 156 valence electrons. The number of aromatic nitrogens is 3. The average Bonchev–Trinajstić information content (AvgIpc) is 3.08. The van der Waals surface area contributed by atoms with Crippen LogP contribution in [-0.4, -0.2) is 32.3 Å². The number of halogens is 1. The molecule has 0 unspecified atom stereocenters. The highest BCUT2D eigenvalue weighted by Crippen LogP contribution is 2.19. The number of benzene rings is 2. The highest BCUT2D eigenvalue weighted by molar-refractivity contribution is 7.99.